The number of rotatable bonds is 11. The maximum absolute atomic E-state index is 14.7. The quantitative estimate of drug-likeness (QED) is 0.302. The lowest BCUT2D eigenvalue weighted by Gasteiger charge is -2.15. The summed E-state index contributed by atoms with van der Waals surface area (Å²) >= 11 is 5.89. The van der Waals surface area contributed by atoms with Crippen molar-refractivity contribution in [2.75, 3.05) is 50.1 Å². The molecule has 2 aromatic carbocycles. The number of amides is 1. The van der Waals surface area contributed by atoms with Gasteiger partial charge in [-0.3, -0.25) is 9.69 Å². The first-order valence-corrected chi connectivity index (χ1v) is 12.5. The summed E-state index contributed by atoms with van der Waals surface area (Å²) in [5.41, 5.74) is 1.25. The van der Waals surface area contributed by atoms with Gasteiger partial charge in [0.25, 0.3) is 5.91 Å². The molecule has 1 saturated heterocycles. The summed E-state index contributed by atoms with van der Waals surface area (Å²) < 4.78 is 39.5. The summed E-state index contributed by atoms with van der Waals surface area (Å²) in [7, 11) is 0. The van der Waals surface area contributed by atoms with Crippen molar-refractivity contribution in [2.24, 2.45) is 0 Å². The van der Waals surface area contributed by atoms with E-state index in [1.54, 1.807) is 19.1 Å². The molecule has 9 nitrogen and oxygen atoms in total. The number of halogens is 3. The second kappa shape index (κ2) is 12.9. The number of anilines is 3. The molecule has 12 heteroatoms. The van der Waals surface area contributed by atoms with E-state index < -0.39 is 17.6 Å². The fraction of sp³-hybridized carbons (Fsp3) is 0.346. The Bertz CT molecular complexity index is 1330. The Morgan fingerprint density at radius 1 is 1.32 bits per heavy atom. The summed E-state index contributed by atoms with van der Waals surface area (Å²) in [4.78, 5) is 23.2. The highest BCUT2D eigenvalue weighted by Crippen LogP contribution is 2.34. The summed E-state index contributed by atoms with van der Waals surface area (Å²) in [6, 6.07) is 7.36. The van der Waals surface area contributed by atoms with Crippen molar-refractivity contribution in [3.8, 4) is 5.75 Å². The average Bonchev–Trinajstić information content (AvgIpc) is 3.36. The van der Waals surface area contributed by atoms with E-state index in [0.29, 0.717) is 47.9 Å². The van der Waals surface area contributed by atoms with Crippen LogP contribution in [-0.2, 0) is 9.53 Å². The lowest BCUT2D eigenvalue weighted by atomic mass is 10.1. The van der Waals surface area contributed by atoms with Gasteiger partial charge in [-0.15, -0.1) is 0 Å². The first-order valence-electron chi connectivity index (χ1n) is 12.1. The largest absolute Gasteiger partial charge is 0.492 e. The monoisotopic (exact) mass is 547 g/mol. The van der Waals surface area contributed by atoms with Gasteiger partial charge in [0.2, 0.25) is 0 Å². The number of carbonyl (C=O) groups excluding carboxylic acids is 1. The van der Waals surface area contributed by atoms with Crippen molar-refractivity contribution < 1.29 is 28.2 Å². The number of benzene rings is 2. The Balaban J connectivity index is 1.52. The van der Waals surface area contributed by atoms with Gasteiger partial charge in [-0.05, 0) is 43.7 Å². The van der Waals surface area contributed by atoms with Crippen LogP contribution >= 0.6 is 11.6 Å². The molecule has 4 rings (SSSR count). The highest BCUT2D eigenvalue weighted by Gasteiger charge is 2.23. The standard InChI is InChI=1S/C26H28ClF2N5O4/c1-2-37-24-13-22-18(25(31-15-30-22)32-16-3-4-20(28)19(27)11-16)12-23(24)33-26(36)21(29)6-8-34-7-5-17(14-34)38-10-9-35/h3-4,6,11-13,15,17,35H,2,5,7-10,14H2,1H3,(H,33,36)(H,30,31,32)/b21-6+/t17-/m1/s1. The normalized spacial score (nSPS) is 16.1. The fourth-order valence-electron chi connectivity index (χ4n) is 4.07. The zero-order valence-electron chi connectivity index (χ0n) is 20.7. The molecule has 1 atom stereocenters. The number of aliphatic hydroxyl groups is 1. The number of carbonyl (C=O) groups is 1. The summed E-state index contributed by atoms with van der Waals surface area (Å²) in [6.07, 6.45) is 3.33. The Kier molecular flexibility index (Phi) is 9.40. The highest BCUT2D eigenvalue weighted by atomic mass is 35.5. The van der Waals surface area contributed by atoms with Crippen LogP contribution < -0.4 is 15.4 Å². The number of aromatic nitrogens is 2. The van der Waals surface area contributed by atoms with Gasteiger partial charge in [0.15, 0.2) is 5.83 Å². The zero-order valence-corrected chi connectivity index (χ0v) is 21.5. The zero-order chi connectivity index (χ0) is 27.1. The Labute approximate surface area is 223 Å². The van der Waals surface area contributed by atoms with Crippen molar-refractivity contribution in [3.05, 3.63) is 59.4 Å². The minimum atomic E-state index is -0.934. The van der Waals surface area contributed by atoms with Crippen LogP contribution in [0.25, 0.3) is 10.9 Å². The lowest BCUT2D eigenvalue weighted by molar-refractivity contribution is -0.114. The van der Waals surface area contributed by atoms with Crippen molar-refractivity contribution in [1.29, 1.82) is 0 Å². The molecule has 202 valence electrons. The summed E-state index contributed by atoms with van der Waals surface area (Å²) in [5, 5.41) is 15.0. The third-order valence-corrected chi connectivity index (χ3v) is 6.18. The molecule has 1 aromatic heterocycles. The molecule has 0 radical (unpaired) electrons. The van der Waals surface area contributed by atoms with Gasteiger partial charge >= 0.3 is 0 Å². The topological polar surface area (TPSA) is 109 Å². The summed E-state index contributed by atoms with van der Waals surface area (Å²) in [6.45, 7) is 3.86. The highest BCUT2D eigenvalue weighted by molar-refractivity contribution is 6.31. The predicted molar refractivity (Wildman–Crippen MR) is 141 cm³/mol. The van der Waals surface area contributed by atoms with Crippen LogP contribution in [0.3, 0.4) is 0 Å². The van der Waals surface area contributed by atoms with Crippen LogP contribution in [0.15, 0.2) is 48.6 Å². The molecule has 1 aliphatic rings. The Hall–Kier alpha value is -3.38. The fourth-order valence-corrected chi connectivity index (χ4v) is 4.25. The molecule has 2 heterocycles. The number of ether oxygens (including phenoxy) is 2. The van der Waals surface area contributed by atoms with Gasteiger partial charge in [-0.1, -0.05) is 11.6 Å². The second-order valence-corrected chi connectivity index (χ2v) is 8.95. The average molecular weight is 548 g/mol. The van der Waals surface area contributed by atoms with Crippen LogP contribution in [0.5, 0.6) is 5.75 Å². The van der Waals surface area contributed by atoms with Crippen molar-refractivity contribution in [3.63, 3.8) is 0 Å². The Morgan fingerprint density at radius 2 is 2.16 bits per heavy atom. The molecular weight excluding hydrogens is 520 g/mol. The molecule has 1 amide bonds. The first kappa shape index (κ1) is 27.6. The molecule has 0 unspecified atom stereocenters. The summed E-state index contributed by atoms with van der Waals surface area (Å²) in [5.74, 6) is -1.71. The third kappa shape index (κ3) is 6.93. The van der Waals surface area contributed by atoms with Gasteiger partial charge in [-0.2, -0.15) is 0 Å². The van der Waals surface area contributed by atoms with Crippen molar-refractivity contribution in [1.82, 2.24) is 14.9 Å². The molecule has 0 spiro atoms. The van der Waals surface area contributed by atoms with Crippen LogP contribution in [0.4, 0.5) is 26.0 Å². The molecule has 0 saturated carbocycles. The van der Waals surface area contributed by atoms with E-state index in [1.165, 1.54) is 30.6 Å². The molecule has 1 aliphatic heterocycles. The van der Waals surface area contributed by atoms with Crippen molar-refractivity contribution >= 4 is 45.6 Å². The van der Waals surface area contributed by atoms with E-state index >= 15 is 0 Å². The van der Waals surface area contributed by atoms with Crippen LogP contribution in [0.2, 0.25) is 5.02 Å². The van der Waals surface area contributed by atoms with E-state index in [2.05, 4.69) is 20.6 Å². The predicted octanol–water partition coefficient (Wildman–Crippen LogP) is 4.44. The number of aliphatic hydroxyl groups excluding tert-OH is 1. The van der Waals surface area contributed by atoms with E-state index in [4.69, 9.17) is 26.2 Å². The van der Waals surface area contributed by atoms with E-state index in [-0.39, 0.29) is 36.6 Å². The minimum absolute atomic E-state index is 0.0188. The molecule has 0 bridgehead atoms. The number of likely N-dealkylation sites (tertiary alicyclic amines) is 1. The molecule has 1 fully saturated rings. The maximum atomic E-state index is 14.7. The molecule has 38 heavy (non-hydrogen) atoms. The van der Waals surface area contributed by atoms with Crippen molar-refractivity contribution in [2.45, 2.75) is 19.4 Å². The second-order valence-electron chi connectivity index (χ2n) is 8.55. The number of nitrogens with one attached hydrogen (secondary N) is 2. The van der Waals surface area contributed by atoms with Gasteiger partial charge < -0.3 is 25.2 Å². The van der Waals surface area contributed by atoms with E-state index in [0.717, 1.165) is 6.42 Å². The number of nitrogens with zero attached hydrogens (tertiary/aromatic N) is 3. The molecule has 0 aliphatic carbocycles. The van der Waals surface area contributed by atoms with Gasteiger partial charge in [-0.25, -0.2) is 18.7 Å². The van der Waals surface area contributed by atoms with E-state index in [1.807, 2.05) is 4.90 Å². The SMILES string of the molecule is CCOc1cc2ncnc(Nc3ccc(F)c(Cl)c3)c2cc1NC(=O)/C(F)=C\CN1CC[C@@H](OCCO)C1. The first-order chi connectivity index (χ1) is 18.4. The Morgan fingerprint density at radius 3 is 2.92 bits per heavy atom. The number of hydrogen-bond acceptors (Lipinski definition) is 8. The minimum Gasteiger partial charge on any atom is -0.492 e. The van der Waals surface area contributed by atoms with Gasteiger partial charge in [0, 0.05) is 36.8 Å². The third-order valence-electron chi connectivity index (χ3n) is 5.89. The molecular formula is C26H28ClF2N5O4. The van der Waals surface area contributed by atoms with Gasteiger partial charge in [0.05, 0.1) is 42.2 Å². The number of hydrogen-bond donors (Lipinski definition) is 3. The van der Waals surface area contributed by atoms with Crippen LogP contribution in [0.1, 0.15) is 13.3 Å². The van der Waals surface area contributed by atoms with Crippen LogP contribution in [-0.4, -0.2) is 71.4 Å². The number of fused-ring (bicyclic) bond motifs is 1. The maximum Gasteiger partial charge on any atom is 0.284 e. The molecule has 3 aromatic rings. The smallest absolute Gasteiger partial charge is 0.284 e. The lowest BCUT2D eigenvalue weighted by Crippen LogP contribution is -2.25. The van der Waals surface area contributed by atoms with Gasteiger partial charge in [0.1, 0.15) is 23.7 Å². The molecule has 3 N–H and O–H groups in total. The van der Waals surface area contributed by atoms with Crippen LogP contribution in [0, 0.1) is 5.82 Å². The van der Waals surface area contributed by atoms with E-state index in [9.17, 15) is 13.6 Å².